The van der Waals surface area contributed by atoms with Gasteiger partial charge in [0.05, 0.1) is 11.8 Å². The third-order valence-electron chi connectivity index (χ3n) is 1.88. The van der Waals surface area contributed by atoms with E-state index in [1.165, 1.54) is 0 Å². The Hall–Kier alpha value is -1.08. The average Bonchev–Trinajstić information content (AvgIpc) is 2.23. The van der Waals surface area contributed by atoms with Crippen LogP contribution in [-0.4, -0.2) is 25.7 Å². The maximum absolute atomic E-state index is 11.0. The molecule has 1 heterocycles. The van der Waals surface area contributed by atoms with Gasteiger partial charge in [0.2, 0.25) is 10.0 Å². The Labute approximate surface area is 91.8 Å². The first kappa shape index (κ1) is 12.0. The molecule has 0 bridgehead atoms. The zero-order valence-corrected chi connectivity index (χ0v) is 10.1. The van der Waals surface area contributed by atoms with Crippen molar-refractivity contribution in [3.8, 4) is 0 Å². The first-order chi connectivity index (χ1) is 6.72. The van der Waals surface area contributed by atoms with E-state index in [4.69, 9.17) is 5.11 Å². The van der Waals surface area contributed by atoms with Gasteiger partial charge in [0.1, 0.15) is 5.00 Å². The van der Waals surface area contributed by atoms with Gasteiger partial charge in [0, 0.05) is 4.88 Å². The minimum absolute atomic E-state index is 0.0305. The van der Waals surface area contributed by atoms with Crippen molar-refractivity contribution in [3.05, 3.63) is 16.0 Å². The van der Waals surface area contributed by atoms with Gasteiger partial charge in [-0.05, 0) is 19.4 Å². The monoisotopic (exact) mass is 249 g/mol. The predicted molar refractivity (Wildman–Crippen MR) is 59.2 cm³/mol. The third kappa shape index (κ3) is 2.69. The number of nitrogens with one attached hydrogen (secondary N) is 1. The smallest absolute Gasteiger partial charge is 0.339 e. The molecule has 0 aliphatic heterocycles. The number of aromatic carboxylic acids is 1. The van der Waals surface area contributed by atoms with E-state index in [1.807, 2.05) is 0 Å². The van der Waals surface area contributed by atoms with Crippen molar-refractivity contribution >= 4 is 32.3 Å². The van der Waals surface area contributed by atoms with Crippen molar-refractivity contribution in [2.24, 2.45) is 0 Å². The van der Waals surface area contributed by atoms with Crippen LogP contribution in [0.3, 0.4) is 0 Å². The van der Waals surface area contributed by atoms with Crippen LogP contribution in [-0.2, 0) is 10.0 Å². The van der Waals surface area contributed by atoms with Crippen LogP contribution in [0.1, 0.15) is 20.8 Å². The molecule has 0 aliphatic rings. The number of carboxylic acids is 1. The first-order valence-corrected chi connectivity index (χ1v) is 6.74. The molecule has 0 fully saturated rings. The summed E-state index contributed by atoms with van der Waals surface area (Å²) < 4.78 is 24.2. The van der Waals surface area contributed by atoms with Gasteiger partial charge in [-0.15, -0.1) is 11.3 Å². The molecule has 84 valence electrons. The second kappa shape index (κ2) is 3.82. The van der Waals surface area contributed by atoms with Crippen molar-refractivity contribution in [2.75, 3.05) is 11.0 Å². The van der Waals surface area contributed by atoms with Gasteiger partial charge in [0.25, 0.3) is 0 Å². The Bertz CT molecular complexity index is 501. The highest BCUT2D eigenvalue weighted by Crippen LogP contribution is 2.32. The highest BCUT2D eigenvalue weighted by molar-refractivity contribution is 7.92. The van der Waals surface area contributed by atoms with E-state index in [0.29, 0.717) is 5.56 Å². The molecule has 1 aromatic heterocycles. The molecule has 0 radical (unpaired) electrons. The lowest BCUT2D eigenvalue weighted by Crippen LogP contribution is -2.11. The average molecular weight is 249 g/mol. The van der Waals surface area contributed by atoms with E-state index in [-0.39, 0.29) is 10.6 Å². The standard InChI is InChI=1S/C8H11NO4S2/c1-4-5(2)14-7(6(4)8(10)11)9-15(3,12)13/h9H,1-3H3,(H,10,11). The second-order valence-corrected chi connectivity index (χ2v) is 6.14. The van der Waals surface area contributed by atoms with Crippen LogP contribution in [0.25, 0.3) is 0 Å². The SMILES string of the molecule is Cc1sc(NS(C)(=O)=O)c(C(=O)O)c1C. The molecule has 0 amide bonds. The number of carboxylic acid groups (broad SMARTS) is 1. The zero-order valence-electron chi connectivity index (χ0n) is 8.49. The minimum Gasteiger partial charge on any atom is -0.478 e. The number of anilines is 1. The summed E-state index contributed by atoms with van der Waals surface area (Å²) >= 11 is 1.13. The van der Waals surface area contributed by atoms with Crippen molar-refractivity contribution < 1.29 is 18.3 Å². The predicted octanol–water partition coefficient (Wildman–Crippen LogP) is 1.43. The molecule has 0 unspecified atom stereocenters. The van der Waals surface area contributed by atoms with Gasteiger partial charge in [0.15, 0.2) is 0 Å². The van der Waals surface area contributed by atoms with Gasteiger partial charge in [-0.25, -0.2) is 13.2 Å². The largest absolute Gasteiger partial charge is 0.478 e. The van der Waals surface area contributed by atoms with E-state index in [2.05, 4.69) is 4.72 Å². The van der Waals surface area contributed by atoms with Crippen molar-refractivity contribution in [2.45, 2.75) is 13.8 Å². The topological polar surface area (TPSA) is 83.5 Å². The lowest BCUT2D eigenvalue weighted by Gasteiger charge is -2.02. The highest BCUT2D eigenvalue weighted by atomic mass is 32.2. The lowest BCUT2D eigenvalue weighted by atomic mass is 10.2. The Morgan fingerprint density at radius 3 is 2.33 bits per heavy atom. The number of hydrogen-bond donors (Lipinski definition) is 2. The molecule has 5 nitrogen and oxygen atoms in total. The molecule has 0 spiro atoms. The molecule has 15 heavy (non-hydrogen) atoms. The Morgan fingerprint density at radius 1 is 1.40 bits per heavy atom. The second-order valence-electron chi connectivity index (χ2n) is 3.17. The molecule has 0 aromatic carbocycles. The van der Waals surface area contributed by atoms with Crippen LogP contribution in [0.5, 0.6) is 0 Å². The molecule has 1 rings (SSSR count). The number of carbonyl (C=O) groups is 1. The van der Waals surface area contributed by atoms with Crippen LogP contribution in [0.4, 0.5) is 5.00 Å². The molecule has 7 heteroatoms. The summed E-state index contributed by atoms with van der Waals surface area (Å²) in [4.78, 5) is 11.7. The first-order valence-electron chi connectivity index (χ1n) is 4.03. The van der Waals surface area contributed by atoms with E-state index < -0.39 is 16.0 Å². The van der Waals surface area contributed by atoms with Crippen LogP contribution in [0, 0.1) is 13.8 Å². The van der Waals surface area contributed by atoms with Gasteiger partial charge in [-0.3, -0.25) is 4.72 Å². The van der Waals surface area contributed by atoms with Crippen molar-refractivity contribution in [1.82, 2.24) is 0 Å². The lowest BCUT2D eigenvalue weighted by molar-refractivity contribution is 0.0697. The van der Waals surface area contributed by atoms with Crippen LogP contribution in [0.15, 0.2) is 0 Å². The molecule has 1 aromatic rings. The number of sulfonamides is 1. The zero-order chi connectivity index (χ0) is 11.8. The van der Waals surface area contributed by atoms with E-state index >= 15 is 0 Å². The van der Waals surface area contributed by atoms with Gasteiger partial charge in [-0.2, -0.15) is 0 Å². The normalized spacial score (nSPS) is 11.4. The fraction of sp³-hybridized carbons (Fsp3) is 0.375. The Kier molecular flexibility index (Phi) is 3.05. The van der Waals surface area contributed by atoms with Crippen LogP contribution in [0.2, 0.25) is 0 Å². The van der Waals surface area contributed by atoms with Gasteiger partial charge >= 0.3 is 5.97 Å². The van der Waals surface area contributed by atoms with Gasteiger partial charge in [-0.1, -0.05) is 0 Å². The highest BCUT2D eigenvalue weighted by Gasteiger charge is 2.20. The van der Waals surface area contributed by atoms with E-state index in [1.54, 1.807) is 13.8 Å². The van der Waals surface area contributed by atoms with Crippen molar-refractivity contribution in [1.29, 1.82) is 0 Å². The number of hydrogen-bond acceptors (Lipinski definition) is 4. The summed E-state index contributed by atoms with van der Waals surface area (Å²) in [6, 6.07) is 0. The summed E-state index contributed by atoms with van der Waals surface area (Å²) in [5.41, 5.74) is 0.626. The minimum atomic E-state index is -3.44. The summed E-state index contributed by atoms with van der Waals surface area (Å²) in [7, 11) is -3.44. The molecule has 0 saturated carbocycles. The number of aryl methyl sites for hydroxylation is 1. The van der Waals surface area contributed by atoms with Crippen molar-refractivity contribution in [3.63, 3.8) is 0 Å². The molecule has 2 N–H and O–H groups in total. The maximum Gasteiger partial charge on any atom is 0.339 e. The maximum atomic E-state index is 11.0. The molecule has 0 aliphatic carbocycles. The quantitative estimate of drug-likeness (QED) is 0.849. The Morgan fingerprint density at radius 2 is 1.93 bits per heavy atom. The molecular weight excluding hydrogens is 238 g/mol. The van der Waals surface area contributed by atoms with Gasteiger partial charge < -0.3 is 5.11 Å². The third-order valence-corrected chi connectivity index (χ3v) is 3.70. The molecule has 0 atom stereocenters. The summed E-state index contributed by atoms with van der Waals surface area (Å²) in [6.45, 7) is 3.41. The van der Waals surface area contributed by atoms with Crippen LogP contribution < -0.4 is 4.72 Å². The summed E-state index contributed by atoms with van der Waals surface area (Å²) in [6.07, 6.45) is 0.989. The van der Waals surface area contributed by atoms with Crippen LogP contribution >= 0.6 is 11.3 Å². The fourth-order valence-electron chi connectivity index (χ4n) is 1.12. The number of thiophene rings is 1. The van der Waals surface area contributed by atoms with E-state index in [9.17, 15) is 13.2 Å². The summed E-state index contributed by atoms with van der Waals surface area (Å²) in [5, 5.41) is 9.10. The molecule has 0 saturated heterocycles. The summed E-state index contributed by atoms with van der Waals surface area (Å²) in [5.74, 6) is -1.12. The number of rotatable bonds is 3. The Balaban J connectivity index is 3.30. The van der Waals surface area contributed by atoms with E-state index in [0.717, 1.165) is 22.5 Å². The fourth-order valence-corrected chi connectivity index (χ4v) is 3.09. The molecular formula is C8H11NO4S2.